The Kier molecular flexibility index (Phi) is 5.12. The van der Waals surface area contributed by atoms with E-state index in [1.54, 1.807) is 19.2 Å². The molecule has 146 valence electrons. The number of nitrogens with zero attached hydrogens (tertiary/aromatic N) is 3. The third-order valence-corrected chi connectivity index (χ3v) is 5.39. The van der Waals surface area contributed by atoms with Crippen molar-refractivity contribution in [2.24, 2.45) is 0 Å². The van der Waals surface area contributed by atoms with Gasteiger partial charge in [0, 0.05) is 29.2 Å². The molecule has 0 bridgehead atoms. The first-order chi connectivity index (χ1) is 14.0. The molecule has 0 aliphatic carbocycles. The molecule has 4 rings (SSSR count). The second kappa shape index (κ2) is 7.73. The summed E-state index contributed by atoms with van der Waals surface area (Å²) in [6.07, 6.45) is 3.51. The predicted octanol–water partition coefficient (Wildman–Crippen LogP) is 4.35. The van der Waals surface area contributed by atoms with E-state index < -0.39 is 0 Å². The summed E-state index contributed by atoms with van der Waals surface area (Å²) in [5.74, 6) is -0.708. The van der Waals surface area contributed by atoms with Crippen LogP contribution in [0.5, 0.6) is 0 Å². The van der Waals surface area contributed by atoms with Crippen LogP contribution in [0.15, 0.2) is 59.5 Å². The Hall–Kier alpha value is -3.10. The highest BCUT2D eigenvalue weighted by atomic mass is 79.9. The average Bonchev–Trinajstić information content (AvgIpc) is 3.06. The molecule has 0 saturated heterocycles. The van der Waals surface area contributed by atoms with E-state index in [4.69, 9.17) is 0 Å². The summed E-state index contributed by atoms with van der Waals surface area (Å²) in [7, 11) is 0. The molecular weight excluding hydrogens is 439 g/mol. The second-order valence-electron chi connectivity index (χ2n) is 6.44. The summed E-state index contributed by atoms with van der Waals surface area (Å²) < 4.78 is 15.6. The zero-order valence-electron chi connectivity index (χ0n) is 15.4. The second-order valence-corrected chi connectivity index (χ2v) is 7.19. The van der Waals surface area contributed by atoms with Crippen LogP contribution in [-0.2, 0) is 6.61 Å². The van der Waals surface area contributed by atoms with E-state index in [-0.39, 0.29) is 18.3 Å². The van der Waals surface area contributed by atoms with Gasteiger partial charge < -0.3 is 10.4 Å². The largest absolute Gasteiger partial charge is 0.390 e. The van der Waals surface area contributed by atoms with Crippen LogP contribution in [0.1, 0.15) is 21.7 Å². The molecule has 29 heavy (non-hydrogen) atoms. The van der Waals surface area contributed by atoms with Gasteiger partial charge in [0.25, 0.3) is 5.91 Å². The van der Waals surface area contributed by atoms with Gasteiger partial charge in [-0.3, -0.25) is 14.2 Å². The van der Waals surface area contributed by atoms with Crippen LogP contribution in [0.3, 0.4) is 0 Å². The highest BCUT2D eigenvalue weighted by molar-refractivity contribution is 9.10. The number of aryl methyl sites for hydroxylation is 1. The molecule has 0 atom stereocenters. The number of benzene rings is 1. The molecule has 1 amide bonds. The number of imidazole rings is 1. The van der Waals surface area contributed by atoms with Crippen molar-refractivity contribution < 1.29 is 14.3 Å². The number of nitrogens with one attached hydrogen (secondary N) is 1. The number of carbonyl (C=O) groups excluding carboxylic acids is 1. The maximum absolute atomic E-state index is 13.1. The first kappa shape index (κ1) is 19.2. The van der Waals surface area contributed by atoms with E-state index >= 15 is 0 Å². The number of anilines is 1. The van der Waals surface area contributed by atoms with Crippen molar-refractivity contribution in [1.29, 1.82) is 0 Å². The minimum atomic E-state index is -0.371. The van der Waals surface area contributed by atoms with E-state index in [9.17, 15) is 14.3 Å². The maximum atomic E-state index is 13.1. The molecule has 0 fully saturated rings. The quantitative estimate of drug-likeness (QED) is 0.480. The first-order valence-electron chi connectivity index (χ1n) is 8.78. The monoisotopic (exact) mass is 454 g/mol. The average molecular weight is 455 g/mol. The van der Waals surface area contributed by atoms with Crippen LogP contribution in [-0.4, -0.2) is 25.4 Å². The Labute approximate surface area is 174 Å². The van der Waals surface area contributed by atoms with Crippen LogP contribution in [0.4, 0.5) is 10.1 Å². The molecule has 6 nitrogen and oxygen atoms in total. The molecule has 3 heterocycles. The Morgan fingerprint density at radius 2 is 2.03 bits per heavy atom. The van der Waals surface area contributed by atoms with Gasteiger partial charge in [-0.15, -0.1) is 0 Å². The summed E-state index contributed by atoms with van der Waals surface area (Å²) >= 11 is 3.44. The molecule has 8 heteroatoms. The lowest BCUT2D eigenvalue weighted by Crippen LogP contribution is -2.14. The van der Waals surface area contributed by atoms with Gasteiger partial charge in [-0.05, 0) is 65.3 Å². The van der Waals surface area contributed by atoms with E-state index in [1.807, 2.05) is 22.7 Å². The third kappa shape index (κ3) is 3.64. The SMILES string of the molecule is Cc1ncc(-c2cccn3c(Br)c(CO)nc23)cc1C(=O)Nc1ccc(F)cc1. The Morgan fingerprint density at radius 1 is 1.28 bits per heavy atom. The molecule has 0 unspecified atom stereocenters. The smallest absolute Gasteiger partial charge is 0.257 e. The van der Waals surface area contributed by atoms with Gasteiger partial charge in [-0.1, -0.05) is 0 Å². The van der Waals surface area contributed by atoms with Crippen LogP contribution >= 0.6 is 15.9 Å². The summed E-state index contributed by atoms with van der Waals surface area (Å²) in [5, 5.41) is 12.3. The zero-order valence-corrected chi connectivity index (χ0v) is 16.9. The molecular formula is C21H16BrFN4O2. The van der Waals surface area contributed by atoms with Gasteiger partial charge in [0.15, 0.2) is 0 Å². The van der Waals surface area contributed by atoms with Crippen molar-refractivity contribution in [2.45, 2.75) is 13.5 Å². The van der Waals surface area contributed by atoms with Gasteiger partial charge in [0.05, 0.1) is 23.6 Å². The van der Waals surface area contributed by atoms with E-state index in [1.165, 1.54) is 24.3 Å². The Bertz CT molecular complexity index is 1220. The lowest BCUT2D eigenvalue weighted by atomic mass is 10.0. The third-order valence-electron chi connectivity index (χ3n) is 4.55. The normalized spacial score (nSPS) is 11.0. The van der Waals surface area contributed by atoms with Crippen molar-refractivity contribution in [1.82, 2.24) is 14.4 Å². The van der Waals surface area contributed by atoms with Crippen molar-refractivity contribution in [3.05, 3.63) is 82.2 Å². The highest BCUT2D eigenvalue weighted by Gasteiger charge is 2.16. The van der Waals surface area contributed by atoms with Gasteiger partial charge in [-0.2, -0.15) is 0 Å². The number of carbonyl (C=O) groups is 1. The zero-order chi connectivity index (χ0) is 20.5. The van der Waals surface area contributed by atoms with Crippen LogP contribution < -0.4 is 5.32 Å². The number of hydrogen-bond acceptors (Lipinski definition) is 4. The molecule has 0 spiro atoms. The number of hydrogen-bond donors (Lipinski definition) is 2. The summed E-state index contributed by atoms with van der Waals surface area (Å²) in [5.41, 5.74) is 4.12. The predicted molar refractivity (Wildman–Crippen MR) is 111 cm³/mol. The van der Waals surface area contributed by atoms with Crippen LogP contribution in [0.2, 0.25) is 0 Å². The highest BCUT2D eigenvalue weighted by Crippen LogP contribution is 2.29. The number of aliphatic hydroxyl groups excluding tert-OH is 1. The molecule has 0 radical (unpaired) electrons. The Morgan fingerprint density at radius 3 is 2.76 bits per heavy atom. The first-order valence-corrected chi connectivity index (χ1v) is 9.57. The molecule has 0 aliphatic heterocycles. The van der Waals surface area contributed by atoms with Crippen LogP contribution in [0, 0.1) is 12.7 Å². The fourth-order valence-corrected chi connectivity index (χ4v) is 3.55. The Balaban J connectivity index is 1.75. The summed E-state index contributed by atoms with van der Waals surface area (Å²) in [6.45, 7) is 1.55. The van der Waals surface area contributed by atoms with Crippen molar-refractivity contribution >= 4 is 33.2 Å². The number of halogens is 2. The number of aliphatic hydroxyl groups is 1. The summed E-state index contributed by atoms with van der Waals surface area (Å²) in [6, 6.07) is 11.0. The number of pyridine rings is 2. The van der Waals surface area contributed by atoms with E-state index in [0.29, 0.717) is 38.5 Å². The molecule has 1 aromatic carbocycles. The molecule has 4 aromatic rings. The van der Waals surface area contributed by atoms with E-state index in [0.717, 1.165) is 5.56 Å². The van der Waals surface area contributed by atoms with Gasteiger partial charge in [-0.25, -0.2) is 9.37 Å². The summed E-state index contributed by atoms with van der Waals surface area (Å²) in [4.78, 5) is 21.6. The fourth-order valence-electron chi connectivity index (χ4n) is 3.05. The molecule has 0 saturated carbocycles. The molecule has 3 aromatic heterocycles. The number of fused-ring (bicyclic) bond motifs is 1. The van der Waals surface area contributed by atoms with Gasteiger partial charge in [0.1, 0.15) is 16.1 Å². The lowest BCUT2D eigenvalue weighted by Gasteiger charge is -2.10. The fraction of sp³-hybridized carbons (Fsp3) is 0.0952. The van der Waals surface area contributed by atoms with Crippen molar-refractivity contribution in [3.63, 3.8) is 0 Å². The minimum absolute atomic E-state index is 0.195. The van der Waals surface area contributed by atoms with Crippen molar-refractivity contribution in [3.8, 4) is 11.1 Å². The maximum Gasteiger partial charge on any atom is 0.257 e. The molecule has 0 aliphatic rings. The number of amides is 1. The van der Waals surface area contributed by atoms with Gasteiger partial charge >= 0.3 is 0 Å². The number of rotatable bonds is 4. The minimum Gasteiger partial charge on any atom is -0.390 e. The topological polar surface area (TPSA) is 79.5 Å². The van der Waals surface area contributed by atoms with E-state index in [2.05, 4.69) is 31.2 Å². The number of aromatic nitrogens is 3. The van der Waals surface area contributed by atoms with Crippen LogP contribution in [0.25, 0.3) is 16.8 Å². The van der Waals surface area contributed by atoms with Crippen molar-refractivity contribution in [2.75, 3.05) is 5.32 Å². The lowest BCUT2D eigenvalue weighted by molar-refractivity contribution is 0.102. The van der Waals surface area contributed by atoms with Gasteiger partial charge in [0.2, 0.25) is 0 Å². The standard InChI is InChI=1S/C21H16BrFN4O2/c1-12-17(21(29)25-15-6-4-14(23)5-7-15)9-13(10-24-12)16-3-2-8-27-19(22)18(11-28)26-20(16)27/h2-10,28H,11H2,1H3,(H,25,29). The molecule has 2 N–H and O–H groups in total.